The van der Waals surface area contributed by atoms with Crippen molar-refractivity contribution >= 4 is 30.9 Å². The number of rotatable bonds is 9. The Bertz CT molecular complexity index is 950. The van der Waals surface area contributed by atoms with Crippen LogP contribution in [-0.2, 0) is 9.53 Å². The molecule has 1 atom stereocenters. The van der Waals surface area contributed by atoms with E-state index in [0.717, 1.165) is 5.57 Å². The van der Waals surface area contributed by atoms with Gasteiger partial charge >= 0.3 is 6.03 Å². The van der Waals surface area contributed by atoms with Gasteiger partial charge in [-0.1, -0.05) is 50.5 Å². The van der Waals surface area contributed by atoms with Crippen molar-refractivity contribution in [3.05, 3.63) is 60.0 Å². The van der Waals surface area contributed by atoms with Crippen molar-refractivity contribution in [3.8, 4) is 0 Å². The molecule has 0 saturated carbocycles. The smallest absolute Gasteiger partial charge is 0.318 e. The van der Waals surface area contributed by atoms with Crippen molar-refractivity contribution in [1.82, 2.24) is 10.2 Å². The van der Waals surface area contributed by atoms with E-state index in [1.807, 2.05) is 32.6 Å². The number of aliphatic hydroxyl groups is 1. The minimum absolute atomic E-state index is 0.197. The Labute approximate surface area is 196 Å². The third kappa shape index (κ3) is 7.38. The Morgan fingerprint density at radius 2 is 2.00 bits per heavy atom. The molecule has 7 nitrogen and oxygen atoms in total. The Kier molecular flexibility index (Phi) is 9.15. The number of hydrogen-bond donors (Lipinski definition) is 3. The predicted molar refractivity (Wildman–Crippen MR) is 132 cm³/mol. The average Bonchev–Trinajstić information content (AvgIpc) is 2.71. The zero-order valence-electron chi connectivity index (χ0n) is 19.9. The highest BCUT2D eigenvalue weighted by molar-refractivity contribution is 6.88. The molecule has 0 unspecified atom stereocenters. The van der Waals surface area contributed by atoms with Crippen molar-refractivity contribution in [3.63, 3.8) is 0 Å². The first-order valence-corrected chi connectivity index (χ1v) is 14.3. The number of anilines is 1. The van der Waals surface area contributed by atoms with E-state index in [9.17, 15) is 19.1 Å². The lowest BCUT2D eigenvalue weighted by Crippen LogP contribution is -2.59. The van der Waals surface area contributed by atoms with Crippen molar-refractivity contribution < 1.29 is 23.8 Å². The lowest BCUT2D eigenvalue weighted by molar-refractivity contribution is -0.117. The molecule has 0 radical (unpaired) electrons. The quantitative estimate of drug-likeness (QED) is 0.378. The number of benzene rings is 1. The van der Waals surface area contributed by atoms with Crippen LogP contribution in [0.2, 0.25) is 19.6 Å². The maximum atomic E-state index is 14.6. The summed E-state index contributed by atoms with van der Waals surface area (Å²) in [6.45, 7) is 12.7. The van der Waals surface area contributed by atoms with Gasteiger partial charge in [0.2, 0.25) is 0 Å². The van der Waals surface area contributed by atoms with E-state index in [4.69, 9.17) is 4.74 Å². The Balaban J connectivity index is 2.21. The Morgan fingerprint density at radius 1 is 1.33 bits per heavy atom. The number of aliphatic hydroxyl groups excluding tert-OH is 1. The highest BCUT2D eigenvalue weighted by Crippen LogP contribution is 2.16. The number of allylic oxidation sites excluding steroid dienone is 1. The molecule has 1 fully saturated rings. The minimum Gasteiger partial charge on any atom is -0.389 e. The Hall–Kier alpha value is -2.75. The number of nitrogens with zero attached hydrogens (tertiary/aromatic N) is 1. The molecule has 3 N–H and O–H groups in total. The van der Waals surface area contributed by atoms with Crippen LogP contribution >= 0.6 is 0 Å². The first-order valence-electron chi connectivity index (χ1n) is 10.8. The maximum Gasteiger partial charge on any atom is 0.318 e. The van der Waals surface area contributed by atoms with Gasteiger partial charge in [-0.3, -0.25) is 4.79 Å². The fourth-order valence-electron chi connectivity index (χ4n) is 3.28. The molecule has 1 aromatic rings. The lowest BCUT2D eigenvalue weighted by Gasteiger charge is -2.36. The molecule has 1 aliphatic rings. The molecular weight excluding hydrogens is 441 g/mol. The van der Waals surface area contributed by atoms with E-state index in [1.165, 1.54) is 11.0 Å². The van der Waals surface area contributed by atoms with Crippen molar-refractivity contribution in [2.24, 2.45) is 0 Å². The number of carbonyl (C=O) groups excluding carboxylic acids is 2. The summed E-state index contributed by atoms with van der Waals surface area (Å²) in [7, 11) is -0.280. The SMILES string of the molecule is C=C(/C=C\C(=C/C)COC)[C@@H](NC(=O)N1CC(O)C1)C(=O)Nc1ccc([Si](C)(C)C)c(F)c1. The van der Waals surface area contributed by atoms with Crippen molar-refractivity contribution in [2.75, 3.05) is 32.1 Å². The van der Waals surface area contributed by atoms with Gasteiger partial charge in [0.25, 0.3) is 5.91 Å². The van der Waals surface area contributed by atoms with Gasteiger partial charge in [-0.15, -0.1) is 0 Å². The second-order valence-corrected chi connectivity index (χ2v) is 14.1. The number of halogens is 1. The molecule has 0 aromatic heterocycles. The van der Waals surface area contributed by atoms with Crippen LogP contribution < -0.4 is 15.8 Å². The van der Waals surface area contributed by atoms with E-state index in [0.29, 0.717) is 23.1 Å². The zero-order valence-corrected chi connectivity index (χ0v) is 20.9. The molecule has 0 spiro atoms. The summed E-state index contributed by atoms with van der Waals surface area (Å²) in [6.07, 6.45) is 4.70. The first-order chi connectivity index (χ1) is 15.5. The zero-order chi connectivity index (χ0) is 24.8. The minimum atomic E-state index is -1.86. The molecular formula is C24H34FN3O4Si. The van der Waals surface area contributed by atoms with Crippen LogP contribution in [-0.4, -0.2) is 69.0 Å². The van der Waals surface area contributed by atoms with Crippen molar-refractivity contribution in [2.45, 2.75) is 38.7 Å². The van der Waals surface area contributed by atoms with E-state index >= 15 is 0 Å². The summed E-state index contributed by atoms with van der Waals surface area (Å²) in [5.74, 6) is -0.911. The van der Waals surface area contributed by atoms with Gasteiger partial charge in [-0.2, -0.15) is 0 Å². The molecule has 1 aliphatic heterocycles. The maximum absolute atomic E-state index is 14.6. The summed E-state index contributed by atoms with van der Waals surface area (Å²) in [6, 6.07) is 3.08. The van der Waals surface area contributed by atoms with E-state index in [2.05, 4.69) is 17.2 Å². The molecule has 1 saturated heterocycles. The summed E-state index contributed by atoms with van der Waals surface area (Å²) in [5, 5.41) is 15.5. The van der Waals surface area contributed by atoms with E-state index in [-0.39, 0.29) is 18.9 Å². The number of β-amino-alcohol motifs (C(OH)–C–C–N with tert-alkyl or cyclic N) is 1. The molecule has 180 valence electrons. The molecule has 0 aliphatic carbocycles. The number of urea groups is 1. The van der Waals surface area contributed by atoms with E-state index in [1.54, 1.807) is 31.4 Å². The Morgan fingerprint density at radius 3 is 2.52 bits per heavy atom. The van der Waals surface area contributed by atoms with Crippen molar-refractivity contribution in [1.29, 1.82) is 0 Å². The third-order valence-corrected chi connectivity index (χ3v) is 7.31. The molecule has 9 heteroatoms. The standard InChI is InChI=1S/C24H34FN3O4Si/c1-7-17(15-32-3)9-8-16(2)22(27-24(31)28-13-19(29)14-28)23(30)26-18-10-11-21(20(25)12-18)33(4,5)6/h7-12,19,22,29H,2,13-15H2,1,3-6H3,(H,26,30)(H,27,31)/b9-8-,17-7+/t22-/m1/s1. The number of amides is 3. The van der Waals surface area contributed by atoms with Gasteiger partial charge in [0, 0.05) is 12.8 Å². The van der Waals surface area contributed by atoms with Crippen LogP contribution in [0.4, 0.5) is 14.9 Å². The van der Waals surface area contributed by atoms with Crippen LogP contribution in [0.25, 0.3) is 0 Å². The average molecular weight is 476 g/mol. The van der Waals surface area contributed by atoms with Crippen LogP contribution in [0, 0.1) is 5.82 Å². The monoisotopic (exact) mass is 475 g/mol. The summed E-state index contributed by atoms with van der Waals surface area (Å²) < 4.78 is 19.7. The second kappa shape index (κ2) is 11.4. The molecule has 2 rings (SSSR count). The van der Waals surface area contributed by atoms with Gasteiger partial charge in [-0.05, 0) is 35.4 Å². The molecule has 0 bridgehead atoms. The normalized spacial score (nSPS) is 15.8. The fourth-order valence-corrected chi connectivity index (χ4v) is 4.65. The highest BCUT2D eigenvalue weighted by atomic mass is 28.3. The topological polar surface area (TPSA) is 90.9 Å². The number of ether oxygens (including phenoxy) is 1. The predicted octanol–water partition coefficient (Wildman–Crippen LogP) is 2.77. The fraction of sp³-hybridized carbons (Fsp3) is 0.417. The van der Waals surface area contributed by atoms with Gasteiger partial charge in [-0.25, -0.2) is 9.18 Å². The molecule has 1 aromatic carbocycles. The van der Waals surface area contributed by atoms with Crippen LogP contribution in [0.3, 0.4) is 0 Å². The van der Waals surface area contributed by atoms with Gasteiger partial charge in [0.1, 0.15) is 11.9 Å². The summed E-state index contributed by atoms with van der Waals surface area (Å²) in [4.78, 5) is 27.0. The second-order valence-electron chi connectivity index (χ2n) is 9.08. The number of carbonyl (C=O) groups is 2. The van der Waals surface area contributed by atoms with Gasteiger partial charge in [0.05, 0.1) is 33.9 Å². The molecule has 33 heavy (non-hydrogen) atoms. The van der Waals surface area contributed by atoms with E-state index < -0.39 is 32.2 Å². The highest BCUT2D eigenvalue weighted by Gasteiger charge is 2.32. The van der Waals surface area contributed by atoms with Crippen LogP contribution in [0.1, 0.15) is 6.92 Å². The number of hydrogen-bond acceptors (Lipinski definition) is 4. The number of nitrogens with one attached hydrogen (secondary N) is 2. The van der Waals surface area contributed by atoms with Gasteiger partial charge in [0.15, 0.2) is 0 Å². The largest absolute Gasteiger partial charge is 0.389 e. The number of likely N-dealkylation sites (tertiary alicyclic amines) is 1. The third-order valence-electron chi connectivity index (χ3n) is 5.29. The first kappa shape index (κ1) is 26.5. The summed E-state index contributed by atoms with van der Waals surface area (Å²) in [5.41, 5.74) is 1.51. The van der Waals surface area contributed by atoms with Gasteiger partial charge < -0.3 is 25.4 Å². The lowest BCUT2D eigenvalue weighted by atomic mass is 10.1. The molecule has 3 amide bonds. The number of methoxy groups -OCH3 is 1. The molecule has 1 heterocycles. The van der Waals surface area contributed by atoms with Crippen LogP contribution in [0.15, 0.2) is 54.2 Å². The summed E-state index contributed by atoms with van der Waals surface area (Å²) >= 11 is 0. The van der Waals surface area contributed by atoms with Crippen LogP contribution in [0.5, 0.6) is 0 Å².